The number of aromatic nitrogens is 1. The summed E-state index contributed by atoms with van der Waals surface area (Å²) < 4.78 is 1.14. The van der Waals surface area contributed by atoms with Gasteiger partial charge < -0.3 is 10.6 Å². The maximum absolute atomic E-state index is 4.26. The van der Waals surface area contributed by atoms with Gasteiger partial charge in [0, 0.05) is 37.5 Å². The molecule has 0 spiro atoms. The molecular weight excluding hydrogens is 312 g/mol. The van der Waals surface area contributed by atoms with Crippen LogP contribution in [0.1, 0.15) is 12.0 Å². The first-order valence-corrected chi connectivity index (χ1v) is 9.26. The number of nitrogens with zero attached hydrogens (tertiary/aromatic N) is 2. The first kappa shape index (κ1) is 16.8. The van der Waals surface area contributed by atoms with E-state index in [1.54, 1.807) is 11.3 Å². The van der Waals surface area contributed by atoms with Crippen molar-refractivity contribution in [1.82, 2.24) is 15.6 Å². The van der Waals surface area contributed by atoms with Crippen LogP contribution < -0.4 is 10.6 Å². The zero-order valence-corrected chi connectivity index (χ0v) is 14.4. The van der Waals surface area contributed by atoms with Gasteiger partial charge in [0.25, 0.3) is 0 Å². The molecule has 118 valence electrons. The van der Waals surface area contributed by atoms with E-state index in [2.05, 4.69) is 44.9 Å². The van der Waals surface area contributed by atoms with Crippen molar-refractivity contribution in [3.8, 4) is 0 Å². The van der Waals surface area contributed by atoms with E-state index in [4.69, 9.17) is 0 Å². The summed E-state index contributed by atoms with van der Waals surface area (Å²) in [5.41, 5.74) is 1.34. The Morgan fingerprint density at radius 1 is 1.23 bits per heavy atom. The number of aliphatic imine (C=N–C) groups is 1. The van der Waals surface area contributed by atoms with Gasteiger partial charge in [-0.25, -0.2) is 4.98 Å². The Morgan fingerprint density at radius 2 is 2.05 bits per heavy atom. The van der Waals surface area contributed by atoms with E-state index in [1.165, 1.54) is 5.56 Å². The van der Waals surface area contributed by atoms with Crippen LogP contribution in [0, 0.1) is 0 Å². The highest BCUT2D eigenvalue weighted by Crippen LogP contribution is 2.20. The van der Waals surface area contributed by atoms with Crippen LogP contribution in [-0.2, 0) is 6.42 Å². The predicted molar refractivity (Wildman–Crippen MR) is 97.0 cm³/mol. The standard InChI is InChI=1S/C16H22N4S2/c1-17-15(19-10-8-14-6-3-2-4-7-14)18-9-5-12-21-16-20-11-13-22-16/h2-4,6-7,11,13H,5,8-10,12H2,1H3,(H2,17,18,19). The molecule has 22 heavy (non-hydrogen) atoms. The normalized spacial score (nSPS) is 11.4. The molecule has 0 fully saturated rings. The molecule has 0 saturated heterocycles. The molecule has 0 unspecified atom stereocenters. The Kier molecular flexibility index (Phi) is 7.83. The topological polar surface area (TPSA) is 49.3 Å². The molecule has 0 saturated carbocycles. The van der Waals surface area contributed by atoms with Crippen molar-refractivity contribution in [2.75, 3.05) is 25.9 Å². The number of benzene rings is 1. The summed E-state index contributed by atoms with van der Waals surface area (Å²) in [6, 6.07) is 10.5. The number of hydrogen-bond acceptors (Lipinski definition) is 4. The van der Waals surface area contributed by atoms with Crippen molar-refractivity contribution in [2.24, 2.45) is 4.99 Å². The van der Waals surface area contributed by atoms with Gasteiger partial charge in [-0.15, -0.1) is 11.3 Å². The summed E-state index contributed by atoms with van der Waals surface area (Å²) in [7, 11) is 1.81. The molecular formula is C16H22N4S2. The van der Waals surface area contributed by atoms with Gasteiger partial charge in [-0.3, -0.25) is 4.99 Å². The van der Waals surface area contributed by atoms with E-state index in [0.717, 1.165) is 42.0 Å². The second kappa shape index (κ2) is 10.2. The number of nitrogens with one attached hydrogen (secondary N) is 2. The van der Waals surface area contributed by atoms with Crippen LogP contribution in [0.4, 0.5) is 0 Å². The Balaban J connectivity index is 1.55. The summed E-state index contributed by atoms with van der Waals surface area (Å²) in [5.74, 6) is 1.94. The van der Waals surface area contributed by atoms with Crippen LogP contribution in [0.5, 0.6) is 0 Å². The zero-order chi connectivity index (χ0) is 15.5. The largest absolute Gasteiger partial charge is 0.356 e. The van der Waals surface area contributed by atoms with Crippen LogP contribution in [0.3, 0.4) is 0 Å². The average Bonchev–Trinajstić information content (AvgIpc) is 3.07. The molecule has 0 atom stereocenters. The molecule has 0 amide bonds. The van der Waals surface area contributed by atoms with Gasteiger partial charge in [-0.2, -0.15) is 0 Å². The maximum atomic E-state index is 4.26. The lowest BCUT2D eigenvalue weighted by Gasteiger charge is -2.11. The molecule has 0 bridgehead atoms. The fourth-order valence-corrected chi connectivity index (χ4v) is 3.56. The highest BCUT2D eigenvalue weighted by atomic mass is 32.2. The minimum Gasteiger partial charge on any atom is -0.356 e. The van der Waals surface area contributed by atoms with Crippen LogP contribution in [0.2, 0.25) is 0 Å². The summed E-state index contributed by atoms with van der Waals surface area (Å²) in [5, 5.41) is 8.70. The van der Waals surface area contributed by atoms with Crippen molar-refractivity contribution in [1.29, 1.82) is 0 Å². The fourth-order valence-electron chi connectivity index (χ4n) is 1.91. The van der Waals surface area contributed by atoms with Crippen molar-refractivity contribution in [2.45, 2.75) is 17.2 Å². The SMILES string of the molecule is CN=C(NCCCSc1nccs1)NCCc1ccccc1. The molecule has 0 aliphatic heterocycles. The molecule has 1 heterocycles. The lowest BCUT2D eigenvalue weighted by atomic mass is 10.1. The first-order valence-electron chi connectivity index (χ1n) is 7.39. The Bertz CT molecular complexity index is 541. The molecule has 2 rings (SSSR count). The van der Waals surface area contributed by atoms with Gasteiger partial charge >= 0.3 is 0 Å². The number of thioether (sulfide) groups is 1. The Hall–Kier alpha value is -1.53. The molecule has 2 N–H and O–H groups in total. The molecule has 1 aromatic heterocycles. The number of thiazole rings is 1. The monoisotopic (exact) mass is 334 g/mol. The minimum atomic E-state index is 0.871. The minimum absolute atomic E-state index is 0.871. The van der Waals surface area contributed by atoms with Crippen LogP contribution in [0.15, 0.2) is 51.2 Å². The van der Waals surface area contributed by atoms with Gasteiger partial charge in [0.05, 0.1) is 0 Å². The van der Waals surface area contributed by atoms with Gasteiger partial charge in [0.15, 0.2) is 5.96 Å². The summed E-state index contributed by atoms with van der Waals surface area (Å²) in [6.45, 7) is 1.81. The van der Waals surface area contributed by atoms with Gasteiger partial charge in [0.2, 0.25) is 0 Å². The second-order valence-corrected chi connectivity index (χ2v) is 6.90. The third-order valence-electron chi connectivity index (χ3n) is 3.02. The van der Waals surface area contributed by atoms with E-state index in [-0.39, 0.29) is 0 Å². The predicted octanol–water partition coefficient (Wildman–Crippen LogP) is 3.03. The highest BCUT2D eigenvalue weighted by Gasteiger charge is 1.99. The van der Waals surface area contributed by atoms with Gasteiger partial charge in [-0.1, -0.05) is 42.1 Å². The van der Waals surface area contributed by atoms with E-state index in [9.17, 15) is 0 Å². The molecule has 0 aliphatic carbocycles. The van der Waals surface area contributed by atoms with Crippen molar-refractivity contribution >= 4 is 29.1 Å². The Labute approximate surface area is 140 Å². The number of rotatable bonds is 8. The first-order chi connectivity index (χ1) is 10.9. The quantitative estimate of drug-likeness (QED) is 0.337. The van der Waals surface area contributed by atoms with Crippen LogP contribution in [-0.4, -0.2) is 36.8 Å². The fraction of sp³-hybridized carbons (Fsp3) is 0.375. The third-order valence-corrected chi connectivity index (χ3v) is 5.07. The molecule has 2 aromatic rings. The lowest BCUT2D eigenvalue weighted by molar-refractivity contribution is 0.777. The van der Waals surface area contributed by atoms with Crippen molar-refractivity contribution in [3.05, 3.63) is 47.5 Å². The number of guanidine groups is 1. The third kappa shape index (κ3) is 6.49. The van der Waals surface area contributed by atoms with E-state index in [1.807, 2.05) is 36.5 Å². The van der Waals surface area contributed by atoms with Crippen molar-refractivity contribution < 1.29 is 0 Å². The van der Waals surface area contributed by atoms with Crippen LogP contribution in [0.25, 0.3) is 0 Å². The zero-order valence-electron chi connectivity index (χ0n) is 12.8. The van der Waals surface area contributed by atoms with Crippen LogP contribution >= 0.6 is 23.1 Å². The average molecular weight is 335 g/mol. The maximum Gasteiger partial charge on any atom is 0.190 e. The molecule has 1 aromatic carbocycles. The van der Waals surface area contributed by atoms with Crippen molar-refractivity contribution in [3.63, 3.8) is 0 Å². The van der Waals surface area contributed by atoms with E-state index >= 15 is 0 Å². The summed E-state index contributed by atoms with van der Waals surface area (Å²) in [4.78, 5) is 8.50. The summed E-state index contributed by atoms with van der Waals surface area (Å²) >= 11 is 3.50. The summed E-state index contributed by atoms with van der Waals surface area (Å²) in [6.07, 6.45) is 3.94. The van der Waals surface area contributed by atoms with E-state index < -0.39 is 0 Å². The molecule has 0 aliphatic rings. The van der Waals surface area contributed by atoms with E-state index in [0.29, 0.717) is 0 Å². The van der Waals surface area contributed by atoms with Gasteiger partial charge in [0.1, 0.15) is 4.34 Å². The highest BCUT2D eigenvalue weighted by molar-refractivity contribution is 8.00. The second-order valence-electron chi connectivity index (χ2n) is 4.66. The Morgan fingerprint density at radius 3 is 2.77 bits per heavy atom. The molecule has 4 nitrogen and oxygen atoms in total. The molecule has 6 heteroatoms. The van der Waals surface area contributed by atoms with Gasteiger partial charge in [-0.05, 0) is 18.4 Å². The lowest BCUT2D eigenvalue weighted by Crippen LogP contribution is -2.38. The molecule has 0 radical (unpaired) electrons. The smallest absolute Gasteiger partial charge is 0.190 e. The number of hydrogen-bond donors (Lipinski definition) is 2.